The van der Waals surface area contributed by atoms with E-state index in [0.29, 0.717) is 12.2 Å². The van der Waals surface area contributed by atoms with Crippen molar-refractivity contribution in [3.05, 3.63) is 114 Å². The van der Waals surface area contributed by atoms with Crippen molar-refractivity contribution in [3.63, 3.8) is 0 Å². The Morgan fingerprint density at radius 3 is 2.31 bits per heavy atom. The number of fused-ring (bicyclic) bond motifs is 1. The van der Waals surface area contributed by atoms with Crippen molar-refractivity contribution in [2.75, 3.05) is 7.05 Å². The number of hydrogen-bond donors (Lipinski definition) is 0. The normalized spacial score (nSPS) is 10.9. The molecule has 0 aliphatic heterocycles. The molecule has 0 unspecified atom stereocenters. The van der Waals surface area contributed by atoms with E-state index in [4.69, 9.17) is 4.74 Å². The van der Waals surface area contributed by atoms with Crippen LogP contribution in [0.4, 0.5) is 0 Å². The molecule has 0 aliphatic rings. The lowest BCUT2D eigenvalue weighted by molar-refractivity contribution is -0.131. The first-order valence-electron chi connectivity index (χ1n) is 11.5. The van der Waals surface area contributed by atoms with Crippen molar-refractivity contribution in [2.45, 2.75) is 19.7 Å². The highest BCUT2D eigenvalue weighted by Crippen LogP contribution is 2.25. The summed E-state index contributed by atoms with van der Waals surface area (Å²) < 4.78 is 7.82. The lowest BCUT2D eigenvalue weighted by Crippen LogP contribution is -2.30. The van der Waals surface area contributed by atoms with Gasteiger partial charge in [0.05, 0.1) is 0 Å². The van der Waals surface area contributed by atoms with Gasteiger partial charge in [0.15, 0.2) is 0 Å². The van der Waals surface area contributed by atoms with E-state index in [9.17, 15) is 4.79 Å². The summed E-state index contributed by atoms with van der Waals surface area (Å²) in [5.41, 5.74) is 3.48. The average Bonchev–Trinajstić information content (AvgIpc) is 3.30. The van der Waals surface area contributed by atoms with Crippen LogP contribution in [0.5, 0.6) is 5.75 Å². The minimum atomic E-state index is -0.0506. The van der Waals surface area contributed by atoms with Crippen molar-refractivity contribution in [1.82, 2.24) is 19.9 Å². The van der Waals surface area contributed by atoms with Gasteiger partial charge in [0.2, 0.25) is 5.91 Å². The van der Waals surface area contributed by atoms with Crippen LogP contribution in [0.3, 0.4) is 0 Å². The molecule has 0 bridgehead atoms. The topological polar surface area (TPSA) is 60.2 Å². The summed E-state index contributed by atoms with van der Waals surface area (Å²) in [6, 6.07) is 34.0. The van der Waals surface area contributed by atoms with E-state index in [0.717, 1.165) is 33.3 Å². The molecule has 5 rings (SSSR count). The molecule has 6 nitrogen and oxygen atoms in total. The molecular formula is C29H26N4O2. The Balaban J connectivity index is 1.38. The molecular weight excluding hydrogens is 436 g/mol. The van der Waals surface area contributed by atoms with Crippen LogP contribution >= 0.6 is 0 Å². The molecule has 1 aromatic heterocycles. The molecule has 0 atom stereocenters. The van der Waals surface area contributed by atoms with Gasteiger partial charge in [-0.15, -0.1) is 5.10 Å². The van der Waals surface area contributed by atoms with E-state index in [2.05, 4.69) is 22.4 Å². The number of nitrogens with zero attached hydrogens (tertiary/aromatic N) is 4. The number of amides is 1. The zero-order valence-corrected chi connectivity index (χ0v) is 19.5. The zero-order valence-electron chi connectivity index (χ0n) is 19.5. The van der Waals surface area contributed by atoms with Crippen LogP contribution < -0.4 is 4.74 Å². The Morgan fingerprint density at radius 1 is 0.857 bits per heavy atom. The van der Waals surface area contributed by atoms with E-state index >= 15 is 0 Å². The molecule has 1 heterocycles. The molecule has 0 saturated heterocycles. The molecule has 0 radical (unpaired) electrons. The second-order valence-corrected chi connectivity index (χ2v) is 8.44. The van der Waals surface area contributed by atoms with E-state index in [1.54, 1.807) is 16.6 Å². The van der Waals surface area contributed by atoms with Gasteiger partial charge in [0.25, 0.3) is 0 Å². The van der Waals surface area contributed by atoms with Gasteiger partial charge in [-0.1, -0.05) is 96.2 Å². The maximum atomic E-state index is 13.0. The number of likely N-dealkylation sites (N-methyl/N-ethyl adjacent to an activating group) is 1. The summed E-state index contributed by atoms with van der Waals surface area (Å²) >= 11 is 0. The second-order valence-electron chi connectivity index (χ2n) is 8.44. The Morgan fingerprint density at radius 2 is 1.54 bits per heavy atom. The van der Waals surface area contributed by atoms with Gasteiger partial charge < -0.3 is 9.64 Å². The molecule has 0 aliphatic carbocycles. The maximum Gasteiger partial charge on any atom is 0.244 e. The van der Waals surface area contributed by atoms with Crippen LogP contribution in [0.15, 0.2) is 103 Å². The number of benzene rings is 4. The van der Waals surface area contributed by atoms with E-state index in [1.807, 2.05) is 91.0 Å². The fourth-order valence-corrected chi connectivity index (χ4v) is 4.03. The van der Waals surface area contributed by atoms with Crippen LogP contribution in [0.25, 0.3) is 22.0 Å². The van der Waals surface area contributed by atoms with Crippen molar-refractivity contribution in [3.8, 4) is 17.0 Å². The monoisotopic (exact) mass is 462 g/mol. The van der Waals surface area contributed by atoms with Gasteiger partial charge in [0, 0.05) is 19.2 Å². The van der Waals surface area contributed by atoms with Gasteiger partial charge in [-0.25, -0.2) is 4.68 Å². The third kappa shape index (κ3) is 5.22. The van der Waals surface area contributed by atoms with Gasteiger partial charge in [0.1, 0.15) is 30.3 Å². The summed E-state index contributed by atoms with van der Waals surface area (Å²) in [5, 5.41) is 11.0. The number of carbonyl (C=O) groups is 1. The van der Waals surface area contributed by atoms with Crippen LogP contribution in [0.2, 0.25) is 0 Å². The summed E-state index contributed by atoms with van der Waals surface area (Å²) in [4.78, 5) is 14.7. The van der Waals surface area contributed by atoms with Crippen LogP contribution in [0.1, 0.15) is 11.3 Å². The number of hydrogen-bond acceptors (Lipinski definition) is 4. The van der Waals surface area contributed by atoms with Crippen molar-refractivity contribution >= 4 is 16.7 Å². The minimum absolute atomic E-state index is 0.0506. The van der Waals surface area contributed by atoms with Crippen molar-refractivity contribution in [2.24, 2.45) is 0 Å². The third-order valence-corrected chi connectivity index (χ3v) is 5.95. The Labute approximate surface area is 204 Å². The van der Waals surface area contributed by atoms with E-state index in [1.165, 1.54) is 0 Å². The second kappa shape index (κ2) is 10.2. The highest BCUT2D eigenvalue weighted by Gasteiger charge is 2.19. The van der Waals surface area contributed by atoms with E-state index < -0.39 is 0 Å². The molecule has 0 saturated carbocycles. The minimum Gasteiger partial charge on any atom is -0.487 e. The van der Waals surface area contributed by atoms with Crippen LogP contribution in [-0.4, -0.2) is 32.8 Å². The summed E-state index contributed by atoms with van der Waals surface area (Å²) in [5.74, 6) is 0.702. The molecule has 6 heteroatoms. The number of aromatic nitrogens is 3. The highest BCUT2D eigenvalue weighted by molar-refractivity contribution is 5.83. The standard InChI is InChI=1S/C29H26N4O2/c1-32(19-22-10-4-2-5-11-22)28(34)20-33-27(29(30-31-33)24-13-6-3-7-14-24)21-35-26-17-16-23-12-8-9-15-25(23)18-26/h2-18H,19-21H2,1H3. The first kappa shape index (κ1) is 22.3. The molecule has 0 fully saturated rings. The molecule has 0 spiro atoms. The van der Waals surface area contributed by atoms with Gasteiger partial charge in [-0.3, -0.25) is 4.79 Å². The quantitative estimate of drug-likeness (QED) is 0.312. The molecule has 4 aromatic carbocycles. The number of carbonyl (C=O) groups excluding carboxylic acids is 1. The highest BCUT2D eigenvalue weighted by atomic mass is 16.5. The first-order chi connectivity index (χ1) is 17.2. The van der Waals surface area contributed by atoms with Crippen LogP contribution in [0, 0.1) is 0 Å². The average molecular weight is 463 g/mol. The smallest absolute Gasteiger partial charge is 0.244 e. The predicted molar refractivity (Wildman–Crippen MR) is 137 cm³/mol. The van der Waals surface area contributed by atoms with E-state index in [-0.39, 0.29) is 19.1 Å². The molecule has 174 valence electrons. The fourth-order valence-electron chi connectivity index (χ4n) is 4.03. The van der Waals surface area contributed by atoms with Gasteiger partial charge >= 0.3 is 0 Å². The maximum absolute atomic E-state index is 13.0. The summed E-state index contributed by atoms with van der Waals surface area (Å²) in [7, 11) is 1.80. The Hall–Kier alpha value is -4.45. The fraction of sp³-hybridized carbons (Fsp3) is 0.138. The van der Waals surface area contributed by atoms with Gasteiger partial charge in [-0.2, -0.15) is 0 Å². The van der Waals surface area contributed by atoms with Crippen molar-refractivity contribution in [1.29, 1.82) is 0 Å². The van der Waals surface area contributed by atoms with Crippen molar-refractivity contribution < 1.29 is 9.53 Å². The Kier molecular flexibility index (Phi) is 6.52. The predicted octanol–water partition coefficient (Wildman–Crippen LogP) is 5.34. The first-order valence-corrected chi connectivity index (χ1v) is 11.5. The molecule has 1 amide bonds. The van der Waals surface area contributed by atoms with Gasteiger partial charge in [-0.05, 0) is 28.5 Å². The lowest BCUT2D eigenvalue weighted by Gasteiger charge is -2.18. The van der Waals surface area contributed by atoms with Crippen LogP contribution in [-0.2, 0) is 24.5 Å². The number of rotatable bonds is 8. The summed E-state index contributed by atoms with van der Waals surface area (Å²) in [6.07, 6.45) is 0. The number of ether oxygens (including phenoxy) is 1. The lowest BCUT2D eigenvalue weighted by atomic mass is 10.1. The molecule has 5 aromatic rings. The third-order valence-electron chi connectivity index (χ3n) is 5.95. The summed E-state index contributed by atoms with van der Waals surface area (Å²) in [6.45, 7) is 0.855. The Bertz CT molecular complexity index is 1430. The molecule has 0 N–H and O–H groups in total. The largest absolute Gasteiger partial charge is 0.487 e. The zero-order chi connectivity index (χ0) is 24.0. The SMILES string of the molecule is CN(Cc1ccccc1)C(=O)Cn1nnc(-c2ccccc2)c1COc1ccc2ccccc2c1. The molecule has 35 heavy (non-hydrogen) atoms.